The molecule has 0 spiro atoms. The van der Waals surface area contributed by atoms with Gasteiger partial charge in [-0.2, -0.15) is 0 Å². The van der Waals surface area contributed by atoms with Gasteiger partial charge in [0, 0.05) is 30.3 Å². The first kappa shape index (κ1) is 12.3. The molecule has 4 nitrogen and oxygen atoms in total. The largest absolute Gasteiger partial charge is 0.399 e. The highest BCUT2D eigenvalue weighted by Crippen LogP contribution is 2.10. The van der Waals surface area contributed by atoms with E-state index in [0.717, 1.165) is 16.9 Å². The zero-order valence-corrected chi connectivity index (χ0v) is 10.6. The van der Waals surface area contributed by atoms with Gasteiger partial charge in [-0.05, 0) is 48.1 Å². The van der Waals surface area contributed by atoms with E-state index in [1.54, 1.807) is 12.4 Å². The van der Waals surface area contributed by atoms with Crippen molar-refractivity contribution < 1.29 is 0 Å². The second-order valence-electron chi connectivity index (χ2n) is 3.79. The summed E-state index contributed by atoms with van der Waals surface area (Å²) in [7, 11) is 0. The highest BCUT2D eigenvalue weighted by atomic mass is 32.1. The quantitative estimate of drug-likeness (QED) is 0.581. The molecule has 1 aromatic heterocycles. The van der Waals surface area contributed by atoms with Crippen molar-refractivity contribution >= 4 is 28.7 Å². The van der Waals surface area contributed by atoms with Crippen LogP contribution in [0.4, 0.5) is 11.4 Å². The van der Waals surface area contributed by atoms with Gasteiger partial charge in [0.2, 0.25) is 0 Å². The third-order valence-electron chi connectivity index (χ3n) is 2.34. The monoisotopic (exact) mass is 258 g/mol. The Morgan fingerprint density at radius 2 is 2.00 bits per heavy atom. The Morgan fingerprint density at radius 3 is 2.67 bits per heavy atom. The summed E-state index contributed by atoms with van der Waals surface area (Å²) < 4.78 is 0. The number of nitrogens with one attached hydrogen (secondary N) is 2. The van der Waals surface area contributed by atoms with Crippen LogP contribution in [0.15, 0.2) is 48.8 Å². The van der Waals surface area contributed by atoms with Crippen molar-refractivity contribution in [3.63, 3.8) is 0 Å². The molecule has 0 unspecified atom stereocenters. The topological polar surface area (TPSA) is 63.0 Å². The molecule has 1 heterocycles. The van der Waals surface area contributed by atoms with Crippen molar-refractivity contribution in [1.29, 1.82) is 0 Å². The maximum Gasteiger partial charge on any atom is 0.171 e. The van der Waals surface area contributed by atoms with E-state index >= 15 is 0 Å². The highest BCUT2D eigenvalue weighted by Gasteiger charge is 1.97. The van der Waals surface area contributed by atoms with Crippen molar-refractivity contribution in [2.24, 2.45) is 0 Å². The Kier molecular flexibility index (Phi) is 4.09. The van der Waals surface area contributed by atoms with Gasteiger partial charge in [0.15, 0.2) is 5.11 Å². The summed E-state index contributed by atoms with van der Waals surface area (Å²) in [6.45, 7) is 0.647. The zero-order chi connectivity index (χ0) is 12.8. The summed E-state index contributed by atoms with van der Waals surface area (Å²) in [6, 6.07) is 11.3. The van der Waals surface area contributed by atoms with Crippen molar-refractivity contribution in [3.05, 3.63) is 54.4 Å². The van der Waals surface area contributed by atoms with Crippen LogP contribution < -0.4 is 16.4 Å². The van der Waals surface area contributed by atoms with Crippen LogP contribution in [-0.2, 0) is 6.54 Å². The van der Waals surface area contributed by atoms with E-state index in [9.17, 15) is 0 Å². The molecule has 0 saturated carbocycles. The van der Waals surface area contributed by atoms with Gasteiger partial charge in [-0.3, -0.25) is 4.98 Å². The molecule has 18 heavy (non-hydrogen) atoms. The second kappa shape index (κ2) is 5.97. The van der Waals surface area contributed by atoms with Crippen LogP contribution >= 0.6 is 12.2 Å². The standard InChI is InChI=1S/C13H14N4S/c14-11-3-5-12(6-4-11)17-13(18)16-9-10-2-1-7-15-8-10/h1-8H,9,14H2,(H2,16,17,18). The van der Waals surface area contributed by atoms with Gasteiger partial charge < -0.3 is 16.4 Å². The Labute approximate surface area is 111 Å². The molecule has 4 N–H and O–H groups in total. The summed E-state index contributed by atoms with van der Waals surface area (Å²) >= 11 is 5.19. The molecular formula is C13H14N4S. The van der Waals surface area contributed by atoms with E-state index < -0.39 is 0 Å². The molecule has 0 fully saturated rings. The second-order valence-corrected chi connectivity index (χ2v) is 4.20. The predicted octanol–water partition coefficient (Wildman–Crippen LogP) is 2.15. The Bertz CT molecular complexity index is 510. The summed E-state index contributed by atoms with van der Waals surface area (Å²) in [5, 5.41) is 6.77. The number of hydrogen-bond acceptors (Lipinski definition) is 3. The molecule has 5 heteroatoms. The zero-order valence-electron chi connectivity index (χ0n) is 9.76. The fourth-order valence-corrected chi connectivity index (χ4v) is 1.62. The van der Waals surface area contributed by atoms with Crippen LogP contribution in [0.3, 0.4) is 0 Å². The van der Waals surface area contributed by atoms with Gasteiger partial charge >= 0.3 is 0 Å². The number of nitrogens with zero attached hydrogens (tertiary/aromatic N) is 1. The Morgan fingerprint density at radius 1 is 1.22 bits per heavy atom. The summed E-state index contributed by atoms with van der Waals surface area (Å²) in [4.78, 5) is 4.04. The fourth-order valence-electron chi connectivity index (χ4n) is 1.43. The summed E-state index contributed by atoms with van der Waals surface area (Å²) in [5.74, 6) is 0. The average molecular weight is 258 g/mol. The molecule has 0 amide bonds. The Hall–Kier alpha value is -2.14. The number of nitrogens with two attached hydrogens (primary N) is 1. The van der Waals surface area contributed by atoms with Crippen LogP contribution in [0.2, 0.25) is 0 Å². The van der Waals surface area contributed by atoms with E-state index in [2.05, 4.69) is 15.6 Å². The van der Waals surface area contributed by atoms with E-state index in [1.165, 1.54) is 0 Å². The molecule has 2 rings (SSSR count). The Balaban J connectivity index is 1.84. The number of benzene rings is 1. The molecule has 0 aliphatic rings. The van der Waals surface area contributed by atoms with Gasteiger partial charge in [-0.25, -0.2) is 0 Å². The van der Waals surface area contributed by atoms with Gasteiger partial charge in [0.05, 0.1) is 0 Å². The third kappa shape index (κ3) is 3.71. The smallest absolute Gasteiger partial charge is 0.171 e. The minimum atomic E-state index is 0.573. The molecule has 1 aromatic carbocycles. The first-order valence-corrected chi connectivity index (χ1v) is 5.94. The molecule has 0 saturated heterocycles. The van der Waals surface area contributed by atoms with E-state index in [0.29, 0.717) is 11.7 Å². The average Bonchev–Trinajstić information content (AvgIpc) is 2.40. The molecule has 2 aromatic rings. The predicted molar refractivity (Wildman–Crippen MR) is 78.2 cm³/mol. The third-order valence-corrected chi connectivity index (χ3v) is 2.59. The van der Waals surface area contributed by atoms with E-state index in [4.69, 9.17) is 18.0 Å². The molecule has 0 bridgehead atoms. The summed E-state index contributed by atoms with van der Waals surface area (Å²) in [5.41, 5.74) is 8.33. The van der Waals surface area contributed by atoms with Crippen LogP contribution in [0.5, 0.6) is 0 Å². The number of nitrogen functional groups attached to an aromatic ring is 1. The van der Waals surface area contributed by atoms with Crippen LogP contribution in [0.25, 0.3) is 0 Å². The van der Waals surface area contributed by atoms with E-state index in [-0.39, 0.29) is 0 Å². The van der Waals surface area contributed by atoms with Crippen LogP contribution in [0, 0.1) is 0 Å². The minimum Gasteiger partial charge on any atom is -0.399 e. The molecule has 0 aliphatic carbocycles. The van der Waals surface area contributed by atoms with Crippen LogP contribution in [-0.4, -0.2) is 10.1 Å². The lowest BCUT2D eigenvalue weighted by atomic mass is 10.3. The van der Waals surface area contributed by atoms with Crippen molar-refractivity contribution in [2.75, 3.05) is 11.1 Å². The van der Waals surface area contributed by atoms with Crippen LogP contribution in [0.1, 0.15) is 5.56 Å². The van der Waals surface area contributed by atoms with Gasteiger partial charge in [-0.15, -0.1) is 0 Å². The molecular weight excluding hydrogens is 244 g/mol. The fraction of sp³-hybridized carbons (Fsp3) is 0.0769. The molecule has 0 aliphatic heterocycles. The lowest BCUT2D eigenvalue weighted by Gasteiger charge is -2.10. The first-order valence-electron chi connectivity index (χ1n) is 5.53. The maximum absolute atomic E-state index is 5.61. The number of rotatable bonds is 3. The molecule has 0 radical (unpaired) electrons. The number of pyridine rings is 1. The molecule has 0 atom stereocenters. The van der Waals surface area contributed by atoms with Gasteiger partial charge in [0.25, 0.3) is 0 Å². The van der Waals surface area contributed by atoms with Gasteiger partial charge in [0.1, 0.15) is 0 Å². The number of aromatic nitrogens is 1. The highest BCUT2D eigenvalue weighted by molar-refractivity contribution is 7.80. The first-order chi connectivity index (χ1) is 8.74. The lowest BCUT2D eigenvalue weighted by Crippen LogP contribution is -2.27. The SMILES string of the molecule is Nc1ccc(NC(=S)NCc2cccnc2)cc1. The normalized spacial score (nSPS) is 9.78. The number of thiocarbonyl (C=S) groups is 1. The lowest BCUT2D eigenvalue weighted by molar-refractivity contribution is 0.916. The number of anilines is 2. The maximum atomic E-state index is 5.61. The van der Waals surface area contributed by atoms with E-state index in [1.807, 2.05) is 36.4 Å². The minimum absolute atomic E-state index is 0.573. The summed E-state index contributed by atoms with van der Waals surface area (Å²) in [6.07, 6.45) is 3.55. The van der Waals surface area contributed by atoms with Gasteiger partial charge in [-0.1, -0.05) is 6.07 Å². The number of hydrogen-bond donors (Lipinski definition) is 3. The van der Waals surface area contributed by atoms with Crippen molar-refractivity contribution in [1.82, 2.24) is 10.3 Å². The van der Waals surface area contributed by atoms with Crippen molar-refractivity contribution in [3.8, 4) is 0 Å². The molecule has 92 valence electrons. The van der Waals surface area contributed by atoms with Crippen molar-refractivity contribution in [2.45, 2.75) is 6.54 Å².